The quantitative estimate of drug-likeness (QED) is 0.794. The second-order valence-electron chi connectivity index (χ2n) is 3.79. The van der Waals surface area contributed by atoms with E-state index in [4.69, 9.17) is 11.6 Å². The van der Waals surface area contributed by atoms with Crippen LogP contribution >= 0.6 is 11.6 Å². The van der Waals surface area contributed by atoms with Gasteiger partial charge >= 0.3 is 0 Å². The van der Waals surface area contributed by atoms with Crippen LogP contribution in [0.25, 0.3) is 0 Å². The van der Waals surface area contributed by atoms with Crippen LogP contribution in [0.3, 0.4) is 0 Å². The predicted octanol–water partition coefficient (Wildman–Crippen LogP) is 0.503. The van der Waals surface area contributed by atoms with Crippen LogP contribution in [-0.2, 0) is 14.6 Å². The molecule has 1 unspecified atom stereocenters. The number of nitrogens with one attached hydrogen (secondary N) is 1. The molecule has 1 N–H and O–H groups in total. The highest BCUT2D eigenvalue weighted by atomic mass is 35.5. The Morgan fingerprint density at radius 2 is 2.29 bits per heavy atom. The molecule has 8 heteroatoms. The number of nitrogens with zero attached hydrogens (tertiary/aromatic N) is 2. The van der Waals surface area contributed by atoms with Crippen molar-refractivity contribution in [2.75, 3.05) is 16.8 Å². The Labute approximate surface area is 103 Å². The molecule has 1 atom stereocenters. The van der Waals surface area contributed by atoms with E-state index in [0.29, 0.717) is 6.42 Å². The average Bonchev–Trinajstić information content (AvgIpc) is 2.59. The summed E-state index contributed by atoms with van der Waals surface area (Å²) in [5, 5.41) is 2.67. The Hall–Kier alpha value is -1.21. The van der Waals surface area contributed by atoms with Crippen molar-refractivity contribution < 1.29 is 13.2 Å². The number of sulfone groups is 1. The molecule has 1 saturated heterocycles. The molecule has 1 aromatic heterocycles. The number of anilines is 1. The summed E-state index contributed by atoms with van der Waals surface area (Å²) < 4.78 is 22.4. The van der Waals surface area contributed by atoms with Crippen LogP contribution in [0.5, 0.6) is 0 Å². The highest BCUT2D eigenvalue weighted by molar-refractivity contribution is 7.91. The van der Waals surface area contributed by atoms with Gasteiger partial charge in [-0.2, -0.15) is 0 Å². The minimum absolute atomic E-state index is 0.0570. The van der Waals surface area contributed by atoms with Crippen molar-refractivity contribution in [2.24, 2.45) is 5.92 Å². The van der Waals surface area contributed by atoms with Crippen LogP contribution < -0.4 is 5.32 Å². The van der Waals surface area contributed by atoms with E-state index < -0.39 is 15.8 Å². The predicted molar refractivity (Wildman–Crippen MR) is 62.4 cm³/mol. The molecule has 1 aliphatic rings. The number of rotatable bonds is 2. The SMILES string of the molecule is O=C(Nc1nccc(Cl)n1)C1CCS(=O)(=O)C1. The Morgan fingerprint density at radius 3 is 2.88 bits per heavy atom. The standard InChI is InChI=1S/C9H10ClN3O3S/c10-7-1-3-11-9(12-7)13-8(14)6-2-4-17(15,16)5-6/h1,3,6H,2,4-5H2,(H,11,12,13,14). The Bertz CT molecular complexity index is 546. The molecule has 6 nitrogen and oxygen atoms in total. The van der Waals surface area contributed by atoms with Gasteiger partial charge in [-0.3, -0.25) is 10.1 Å². The molecule has 92 valence electrons. The largest absolute Gasteiger partial charge is 0.294 e. The first-order chi connectivity index (χ1) is 7.96. The number of halogens is 1. The third kappa shape index (κ3) is 3.13. The van der Waals surface area contributed by atoms with E-state index in [1.165, 1.54) is 12.3 Å². The van der Waals surface area contributed by atoms with Gasteiger partial charge in [-0.05, 0) is 12.5 Å². The maximum atomic E-state index is 11.7. The lowest BCUT2D eigenvalue weighted by molar-refractivity contribution is -0.119. The van der Waals surface area contributed by atoms with E-state index in [1.807, 2.05) is 0 Å². The molecule has 0 aliphatic carbocycles. The van der Waals surface area contributed by atoms with E-state index >= 15 is 0 Å². The monoisotopic (exact) mass is 275 g/mol. The molecule has 0 spiro atoms. The molecular weight excluding hydrogens is 266 g/mol. The van der Waals surface area contributed by atoms with Crippen molar-refractivity contribution in [3.8, 4) is 0 Å². The van der Waals surface area contributed by atoms with Gasteiger partial charge in [0.15, 0.2) is 9.84 Å². The lowest BCUT2D eigenvalue weighted by Gasteiger charge is -2.07. The highest BCUT2D eigenvalue weighted by Gasteiger charge is 2.33. The van der Waals surface area contributed by atoms with E-state index in [9.17, 15) is 13.2 Å². The van der Waals surface area contributed by atoms with Crippen LogP contribution in [0, 0.1) is 5.92 Å². The topological polar surface area (TPSA) is 89.0 Å². The van der Waals surface area contributed by atoms with Crippen LogP contribution in [0.15, 0.2) is 12.3 Å². The average molecular weight is 276 g/mol. The van der Waals surface area contributed by atoms with Gasteiger partial charge in [-0.25, -0.2) is 18.4 Å². The van der Waals surface area contributed by atoms with Gasteiger partial charge in [0.1, 0.15) is 5.15 Å². The summed E-state index contributed by atoms with van der Waals surface area (Å²) in [5.41, 5.74) is 0. The molecule has 0 aromatic carbocycles. The van der Waals surface area contributed by atoms with Gasteiger partial charge in [0.2, 0.25) is 11.9 Å². The second-order valence-corrected chi connectivity index (χ2v) is 6.41. The Kier molecular flexibility index (Phi) is 3.30. The van der Waals surface area contributed by atoms with E-state index in [-0.39, 0.29) is 28.5 Å². The normalized spacial score (nSPS) is 22.3. The zero-order valence-electron chi connectivity index (χ0n) is 8.76. The highest BCUT2D eigenvalue weighted by Crippen LogP contribution is 2.19. The van der Waals surface area contributed by atoms with Crippen LogP contribution in [0.2, 0.25) is 5.15 Å². The molecule has 0 radical (unpaired) electrons. The van der Waals surface area contributed by atoms with Crippen molar-refractivity contribution in [2.45, 2.75) is 6.42 Å². The molecule has 1 aromatic rings. The summed E-state index contributed by atoms with van der Waals surface area (Å²) in [6, 6.07) is 1.48. The number of hydrogen-bond acceptors (Lipinski definition) is 5. The number of carbonyl (C=O) groups excluding carboxylic acids is 1. The zero-order valence-corrected chi connectivity index (χ0v) is 10.3. The molecule has 0 saturated carbocycles. The van der Waals surface area contributed by atoms with Gasteiger partial charge in [0, 0.05) is 6.20 Å². The van der Waals surface area contributed by atoms with Gasteiger partial charge in [0.25, 0.3) is 0 Å². The van der Waals surface area contributed by atoms with Crippen LogP contribution in [0.1, 0.15) is 6.42 Å². The van der Waals surface area contributed by atoms with Gasteiger partial charge in [-0.1, -0.05) is 11.6 Å². The van der Waals surface area contributed by atoms with Gasteiger partial charge in [0.05, 0.1) is 17.4 Å². The summed E-state index contributed by atoms with van der Waals surface area (Å²) in [4.78, 5) is 19.3. The van der Waals surface area contributed by atoms with E-state index in [0.717, 1.165) is 0 Å². The molecule has 1 aliphatic heterocycles. The van der Waals surface area contributed by atoms with Crippen LogP contribution in [0.4, 0.5) is 5.95 Å². The first-order valence-corrected chi connectivity index (χ1v) is 7.16. The van der Waals surface area contributed by atoms with Crippen molar-refractivity contribution in [3.05, 3.63) is 17.4 Å². The van der Waals surface area contributed by atoms with Gasteiger partial charge in [-0.15, -0.1) is 0 Å². The number of hydrogen-bond donors (Lipinski definition) is 1. The van der Waals surface area contributed by atoms with E-state index in [2.05, 4.69) is 15.3 Å². The zero-order chi connectivity index (χ0) is 12.5. The van der Waals surface area contributed by atoms with Crippen molar-refractivity contribution in [1.82, 2.24) is 9.97 Å². The third-order valence-electron chi connectivity index (χ3n) is 2.46. The molecular formula is C9H10ClN3O3S. The fourth-order valence-electron chi connectivity index (χ4n) is 1.61. The Morgan fingerprint density at radius 1 is 1.53 bits per heavy atom. The summed E-state index contributed by atoms with van der Waals surface area (Å²) in [6.45, 7) is 0. The summed E-state index contributed by atoms with van der Waals surface area (Å²) in [7, 11) is -3.07. The maximum absolute atomic E-state index is 11.7. The fraction of sp³-hybridized carbons (Fsp3) is 0.444. The fourth-order valence-corrected chi connectivity index (χ4v) is 3.49. The molecule has 17 heavy (non-hydrogen) atoms. The lowest BCUT2D eigenvalue weighted by atomic mass is 10.1. The third-order valence-corrected chi connectivity index (χ3v) is 4.44. The van der Waals surface area contributed by atoms with Gasteiger partial charge < -0.3 is 0 Å². The smallest absolute Gasteiger partial charge is 0.230 e. The molecule has 1 amide bonds. The number of carbonyl (C=O) groups is 1. The minimum atomic E-state index is -3.07. The first-order valence-electron chi connectivity index (χ1n) is 4.96. The van der Waals surface area contributed by atoms with Crippen molar-refractivity contribution >= 4 is 33.3 Å². The van der Waals surface area contributed by atoms with Crippen molar-refractivity contribution in [1.29, 1.82) is 0 Å². The van der Waals surface area contributed by atoms with E-state index in [1.54, 1.807) is 0 Å². The first kappa shape index (κ1) is 12.3. The lowest BCUT2D eigenvalue weighted by Crippen LogP contribution is -2.24. The summed E-state index contributed by atoms with van der Waals surface area (Å²) >= 11 is 5.63. The number of amides is 1. The maximum Gasteiger partial charge on any atom is 0.230 e. The summed E-state index contributed by atoms with van der Waals surface area (Å²) in [5.74, 6) is -0.872. The second kappa shape index (κ2) is 4.58. The van der Waals surface area contributed by atoms with Crippen molar-refractivity contribution in [3.63, 3.8) is 0 Å². The number of aromatic nitrogens is 2. The molecule has 1 fully saturated rings. The Balaban J connectivity index is 2.03. The molecule has 2 heterocycles. The van der Waals surface area contributed by atoms with Crippen LogP contribution in [-0.4, -0.2) is 35.8 Å². The molecule has 0 bridgehead atoms. The summed E-state index contributed by atoms with van der Waals surface area (Å²) in [6.07, 6.45) is 1.76. The molecule has 2 rings (SSSR count). The minimum Gasteiger partial charge on any atom is -0.294 e.